The molecule has 0 aliphatic heterocycles. The molecule has 2 heteroatoms. The number of alkyl halides is 2. The maximum absolute atomic E-state index is 12.7. The molecule has 0 N–H and O–H groups in total. The zero-order chi connectivity index (χ0) is 9.12. The van der Waals surface area contributed by atoms with Crippen LogP contribution in [0.2, 0.25) is 0 Å². The molecule has 0 saturated heterocycles. The highest BCUT2D eigenvalue weighted by Gasteiger charge is 2.49. The predicted molar refractivity (Wildman–Crippen MR) is 43.9 cm³/mol. The second-order valence-corrected chi connectivity index (χ2v) is 3.44. The number of hydrogen-bond acceptors (Lipinski definition) is 0. The van der Waals surface area contributed by atoms with E-state index in [0.29, 0.717) is 12.8 Å². The highest BCUT2D eigenvalue weighted by Crippen LogP contribution is 2.49. The van der Waals surface area contributed by atoms with E-state index in [1.54, 1.807) is 13.8 Å². The van der Waals surface area contributed by atoms with Gasteiger partial charge in [0.2, 0.25) is 0 Å². The van der Waals surface area contributed by atoms with E-state index < -0.39 is 11.3 Å². The highest BCUT2D eigenvalue weighted by molar-refractivity contribution is 4.91. The molecule has 0 aromatic carbocycles. The zero-order valence-electron chi connectivity index (χ0n) is 7.88. The Bertz CT molecular complexity index is 103. The lowest BCUT2D eigenvalue weighted by Crippen LogP contribution is -2.29. The van der Waals surface area contributed by atoms with Crippen molar-refractivity contribution in [2.45, 2.75) is 52.9 Å². The van der Waals surface area contributed by atoms with Crippen LogP contribution in [0.4, 0.5) is 8.78 Å². The lowest BCUT2D eigenvalue weighted by molar-refractivity contribution is -0.0803. The zero-order valence-corrected chi connectivity index (χ0v) is 7.88. The van der Waals surface area contributed by atoms with Crippen LogP contribution in [0.3, 0.4) is 0 Å². The van der Waals surface area contributed by atoms with E-state index >= 15 is 0 Å². The van der Waals surface area contributed by atoms with Gasteiger partial charge in [0.1, 0.15) is 0 Å². The Morgan fingerprint density at radius 2 is 1.45 bits per heavy atom. The molecule has 0 radical (unpaired) electrons. The summed E-state index contributed by atoms with van der Waals surface area (Å²) in [6.45, 7) is 7.28. The number of hydrogen-bond donors (Lipinski definition) is 0. The molecule has 0 unspecified atom stereocenters. The first-order valence-corrected chi connectivity index (χ1v) is 4.34. The fourth-order valence-electron chi connectivity index (χ4n) is 1.27. The second kappa shape index (κ2) is 3.51. The van der Waals surface area contributed by atoms with Gasteiger partial charge in [-0.15, -0.1) is 0 Å². The fraction of sp³-hybridized carbons (Fsp3) is 1.00. The first-order valence-electron chi connectivity index (χ1n) is 4.34. The molecule has 1 rings (SSSR count). The Balaban J connectivity index is 0.000000461. The minimum atomic E-state index is -2.41. The van der Waals surface area contributed by atoms with E-state index in [-0.39, 0.29) is 6.42 Å². The summed E-state index contributed by atoms with van der Waals surface area (Å²) in [7, 11) is 0. The molecule has 1 saturated carbocycles. The third-order valence-electron chi connectivity index (χ3n) is 2.28. The molecule has 0 nitrogen and oxygen atoms in total. The first kappa shape index (κ1) is 10.9. The molecule has 0 aromatic rings. The molecule has 0 amide bonds. The van der Waals surface area contributed by atoms with E-state index in [1.807, 2.05) is 13.8 Å². The van der Waals surface area contributed by atoms with Crippen LogP contribution in [-0.4, -0.2) is 5.92 Å². The molecule has 0 atom stereocenters. The third-order valence-corrected chi connectivity index (χ3v) is 2.28. The summed E-state index contributed by atoms with van der Waals surface area (Å²) < 4.78 is 25.4. The van der Waals surface area contributed by atoms with Crippen molar-refractivity contribution in [2.75, 3.05) is 0 Å². The van der Waals surface area contributed by atoms with Gasteiger partial charge in [0.15, 0.2) is 0 Å². The van der Waals surface area contributed by atoms with Gasteiger partial charge in [-0.25, -0.2) is 8.78 Å². The summed E-state index contributed by atoms with van der Waals surface area (Å²) in [6.07, 6.45) is 1.43. The molecule has 0 bridgehead atoms. The van der Waals surface area contributed by atoms with Crippen LogP contribution in [0.5, 0.6) is 0 Å². The Labute approximate surface area is 68.0 Å². The lowest BCUT2D eigenvalue weighted by Gasteiger charge is -2.25. The second-order valence-electron chi connectivity index (χ2n) is 3.44. The average Bonchev–Trinajstić information content (AvgIpc) is 2.12. The van der Waals surface area contributed by atoms with Crippen LogP contribution >= 0.6 is 0 Å². The third kappa shape index (κ3) is 2.14. The van der Waals surface area contributed by atoms with Gasteiger partial charge in [-0.1, -0.05) is 27.7 Å². The van der Waals surface area contributed by atoms with Crippen molar-refractivity contribution in [3.63, 3.8) is 0 Å². The van der Waals surface area contributed by atoms with E-state index in [4.69, 9.17) is 0 Å². The van der Waals surface area contributed by atoms with Gasteiger partial charge >= 0.3 is 0 Å². The Morgan fingerprint density at radius 1 is 1.00 bits per heavy atom. The topological polar surface area (TPSA) is 0 Å². The molecular weight excluding hydrogens is 146 g/mol. The molecule has 1 aliphatic rings. The van der Waals surface area contributed by atoms with Crippen LogP contribution in [-0.2, 0) is 0 Å². The van der Waals surface area contributed by atoms with Gasteiger partial charge in [0, 0.05) is 11.8 Å². The monoisotopic (exact) mass is 164 g/mol. The molecule has 0 spiro atoms. The van der Waals surface area contributed by atoms with Crippen molar-refractivity contribution in [3.8, 4) is 0 Å². The van der Waals surface area contributed by atoms with Crippen molar-refractivity contribution < 1.29 is 8.78 Å². The van der Waals surface area contributed by atoms with Crippen LogP contribution in [0.25, 0.3) is 0 Å². The Hall–Kier alpha value is -0.140. The normalized spacial score (nSPS) is 25.6. The summed E-state index contributed by atoms with van der Waals surface area (Å²) in [4.78, 5) is 0. The summed E-state index contributed by atoms with van der Waals surface area (Å²) in [5.41, 5.74) is -0.743. The van der Waals surface area contributed by atoms with Gasteiger partial charge < -0.3 is 0 Å². The van der Waals surface area contributed by atoms with Gasteiger partial charge in [-0.05, 0) is 12.8 Å². The van der Waals surface area contributed by atoms with Crippen LogP contribution in [0, 0.1) is 5.41 Å². The number of rotatable bonds is 0. The highest BCUT2D eigenvalue weighted by atomic mass is 19.3. The quantitative estimate of drug-likeness (QED) is 0.510. The van der Waals surface area contributed by atoms with Gasteiger partial charge in [-0.2, -0.15) is 0 Å². The predicted octanol–water partition coefficient (Wildman–Crippen LogP) is 3.86. The minimum Gasteiger partial charge on any atom is -0.206 e. The first-order chi connectivity index (χ1) is 4.96. The summed E-state index contributed by atoms with van der Waals surface area (Å²) in [5, 5.41) is 0. The molecule has 1 aliphatic carbocycles. The molecule has 1 fully saturated rings. The minimum absolute atomic E-state index is 0.0833. The van der Waals surface area contributed by atoms with Crippen LogP contribution in [0.1, 0.15) is 47.0 Å². The summed E-state index contributed by atoms with van der Waals surface area (Å²) in [6, 6.07) is 0. The Kier molecular flexibility index (Phi) is 3.46. The molecule has 0 heterocycles. The maximum atomic E-state index is 12.7. The van der Waals surface area contributed by atoms with Crippen LogP contribution in [0.15, 0.2) is 0 Å². The van der Waals surface area contributed by atoms with Crippen molar-refractivity contribution in [1.82, 2.24) is 0 Å². The maximum Gasteiger partial charge on any atom is 0.253 e. The summed E-state index contributed by atoms with van der Waals surface area (Å²) in [5.74, 6) is -2.41. The van der Waals surface area contributed by atoms with Crippen molar-refractivity contribution in [3.05, 3.63) is 0 Å². The largest absolute Gasteiger partial charge is 0.253 e. The van der Waals surface area contributed by atoms with Crippen molar-refractivity contribution >= 4 is 0 Å². The SMILES string of the molecule is CC.CC1(C)CCCC1(F)F. The molecule has 11 heavy (non-hydrogen) atoms. The molecule has 0 aromatic heterocycles. The van der Waals surface area contributed by atoms with Gasteiger partial charge in [0.25, 0.3) is 5.92 Å². The van der Waals surface area contributed by atoms with Crippen molar-refractivity contribution in [2.24, 2.45) is 5.41 Å². The van der Waals surface area contributed by atoms with Gasteiger partial charge in [0.05, 0.1) is 0 Å². The smallest absolute Gasteiger partial charge is 0.206 e. The molecule has 68 valence electrons. The van der Waals surface area contributed by atoms with E-state index in [2.05, 4.69) is 0 Å². The lowest BCUT2D eigenvalue weighted by atomic mass is 9.89. The van der Waals surface area contributed by atoms with Crippen molar-refractivity contribution in [1.29, 1.82) is 0 Å². The molecular formula is C9H18F2. The van der Waals surface area contributed by atoms with E-state index in [1.165, 1.54) is 0 Å². The van der Waals surface area contributed by atoms with E-state index in [0.717, 1.165) is 0 Å². The Morgan fingerprint density at radius 3 is 1.55 bits per heavy atom. The average molecular weight is 164 g/mol. The fourth-order valence-corrected chi connectivity index (χ4v) is 1.27. The number of halogens is 2. The standard InChI is InChI=1S/C7H12F2.C2H6/c1-6(2)4-3-5-7(6,8)9;1-2/h3-5H2,1-2H3;1-2H3. The van der Waals surface area contributed by atoms with Gasteiger partial charge in [-0.3, -0.25) is 0 Å². The van der Waals surface area contributed by atoms with E-state index in [9.17, 15) is 8.78 Å². The summed E-state index contributed by atoms with van der Waals surface area (Å²) >= 11 is 0. The van der Waals surface area contributed by atoms with Crippen LogP contribution < -0.4 is 0 Å².